The Hall–Kier alpha value is -1.06. The van der Waals surface area contributed by atoms with Crippen molar-refractivity contribution in [3.8, 4) is 0 Å². The number of carbonyl (C=O) groups is 1. The van der Waals surface area contributed by atoms with Crippen LogP contribution in [0.1, 0.15) is 42.6 Å². The van der Waals surface area contributed by atoms with E-state index in [0.29, 0.717) is 6.04 Å². The van der Waals surface area contributed by atoms with E-state index in [0.717, 1.165) is 44.5 Å². The highest BCUT2D eigenvalue weighted by atomic mass is 35.5. The van der Waals surface area contributed by atoms with Crippen molar-refractivity contribution in [2.24, 2.45) is 0 Å². The molecule has 1 atom stereocenters. The molecule has 112 valence electrons. The van der Waals surface area contributed by atoms with Crippen molar-refractivity contribution in [3.05, 3.63) is 35.4 Å². The lowest BCUT2D eigenvalue weighted by atomic mass is 10.1. The third-order valence-electron chi connectivity index (χ3n) is 3.81. The van der Waals surface area contributed by atoms with Gasteiger partial charge in [-0.1, -0.05) is 26.0 Å². The van der Waals surface area contributed by atoms with Crippen LogP contribution in [0.5, 0.6) is 0 Å². The van der Waals surface area contributed by atoms with Gasteiger partial charge in [0.2, 0.25) is 0 Å². The van der Waals surface area contributed by atoms with Crippen molar-refractivity contribution in [3.63, 3.8) is 0 Å². The van der Waals surface area contributed by atoms with Crippen LogP contribution in [-0.4, -0.2) is 36.5 Å². The summed E-state index contributed by atoms with van der Waals surface area (Å²) in [5.74, 6) is 0.179. The number of benzene rings is 1. The Morgan fingerprint density at radius 2 is 2.00 bits per heavy atom. The van der Waals surface area contributed by atoms with Crippen LogP contribution in [0.25, 0.3) is 0 Å². The maximum Gasteiger partial charge on any atom is 0.254 e. The van der Waals surface area contributed by atoms with E-state index in [9.17, 15) is 4.79 Å². The summed E-state index contributed by atoms with van der Waals surface area (Å²) >= 11 is 0. The predicted octanol–water partition coefficient (Wildman–Crippen LogP) is 2.88. The number of nitrogens with zero attached hydrogens (tertiary/aromatic N) is 1. The molecular formula is C16H25ClN2O. The molecule has 0 aromatic heterocycles. The zero-order valence-corrected chi connectivity index (χ0v) is 13.2. The Morgan fingerprint density at radius 1 is 1.30 bits per heavy atom. The first-order chi connectivity index (χ1) is 9.26. The molecule has 1 unspecified atom stereocenters. The van der Waals surface area contributed by atoms with E-state index in [1.807, 2.05) is 17.0 Å². The van der Waals surface area contributed by atoms with Gasteiger partial charge in [-0.25, -0.2) is 0 Å². The SMILES string of the molecule is CCCN(C(=O)c1ccc(CC)cc1)C1CCNC1.Cl. The monoisotopic (exact) mass is 296 g/mol. The van der Waals surface area contributed by atoms with Gasteiger partial charge in [0.1, 0.15) is 0 Å². The van der Waals surface area contributed by atoms with Crippen molar-refractivity contribution >= 4 is 18.3 Å². The second-order valence-corrected chi connectivity index (χ2v) is 5.20. The average Bonchev–Trinajstić information content (AvgIpc) is 2.98. The Labute approximate surface area is 128 Å². The van der Waals surface area contributed by atoms with E-state index in [-0.39, 0.29) is 18.3 Å². The third-order valence-corrected chi connectivity index (χ3v) is 3.81. The third kappa shape index (κ3) is 3.97. The summed E-state index contributed by atoms with van der Waals surface area (Å²) in [6.07, 6.45) is 3.09. The Morgan fingerprint density at radius 3 is 2.50 bits per heavy atom. The Bertz CT molecular complexity index is 413. The molecule has 1 saturated heterocycles. The van der Waals surface area contributed by atoms with Gasteiger partial charge in [0.05, 0.1) is 0 Å². The highest BCUT2D eigenvalue weighted by Crippen LogP contribution is 2.15. The second-order valence-electron chi connectivity index (χ2n) is 5.20. The normalized spacial score (nSPS) is 17.6. The first kappa shape index (κ1) is 17.0. The van der Waals surface area contributed by atoms with Gasteiger partial charge >= 0.3 is 0 Å². The molecule has 1 N–H and O–H groups in total. The van der Waals surface area contributed by atoms with E-state index in [1.54, 1.807) is 0 Å². The molecule has 1 heterocycles. The van der Waals surface area contributed by atoms with E-state index < -0.39 is 0 Å². The average molecular weight is 297 g/mol. The number of hydrogen-bond acceptors (Lipinski definition) is 2. The van der Waals surface area contributed by atoms with Gasteiger partial charge in [-0.2, -0.15) is 0 Å². The molecule has 1 aromatic carbocycles. The van der Waals surface area contributed by atoms with Crippen molar-refractivity contribution in [2.75, 3.05) is 19.6 Å². The second kappa shape index (κ2) is 8.28. The molecule has 1 fully saturated rings. The predicted molar refractivity (Wildman–Crippen MR) is 85.7 cm³/mol. The van der Waals surface area contributed by atoms with Crippen LogP contribution < -0.4 is 5.32 Å². The van der Waals surface area contributed by atoms with Gasteiger partial charge in [0.15, 0.2) is 0 Å². The summed E-state index contributed by atoms with van der Waals surface area (Å²) < 4.78 is 0. The number of rotatable bonds is 5. The highest BCUT2D eigenvalue weighted by Gasteiger charge is 2.26. The van der Waals surface area contributed by atoms with Gasteiger partial charge in [0.25, 0.3) is 5.91 Å². The van der Waals surface area contributed by atoms with Crippen LogP contribution in [0.4, 0.5) is 0 Å². The molecule has 4 heteroatoms. The Kier molecular flexibility index (Phi) is 7.03. The first-order valence-corrected chi connectivity index (χ1v) is 7.36. The molecule has 0 aliphatic carbocycles. The van der Waals surface area contributed by atoms with Crippen LogP contribution in [0.2, 0.25) is 0 Å². The molecule has 0 radical (unpaired) electrons. The maximum atomic E-state index is 12.6. The molecule has 0 bridgehead atoms. The minimum atomic E-state index is 0. The van der Waals surface area contributed by atoms with E-state index in [2.05, 4.69) is 31.3 Å². The molecule has 1 amide bonds. The fourth-order valence-electron chi connectivity index (χ4n) is 2.65. The van der Waals surface area contributed by atoms with Crippen molar-refractivity contribution in [1.82, 2.24) is 10.2 Å². The van der Waals surface area contributed by atoms with Gasteiger partial charge in [-0.15, -0.1) is 12.4 Å². The number of nitrogens with one attached hydrogen (secondary N) is 1. The van der Waals surface area contributed by atoms with Gasteiger partial charge in [0, 0.05) is 24.7 Å². The molecule has 3 nitrogen and oxygen atoms in total. The van der Waals surface area contributed by atoms with Crippen LogP contribution in [0.15, 0.2) is 24.3 Å². The van der Waals surface area contributed by atoms with Crippen molar-refractivity contribution in [1.29, 1.82) is 0 Å². The topological polar surface area (TPSA) is 32.3 Å². The molecular weight excluding hydrogens is 272 g/mol. The van der Waals surface area contributed by atoms with Crippen molar-refractivity contribution in [2.45, 2.75) is 39.2 Å². The van der Waals surface area contributed by atoms with Gasteiger partial charge in [-0.3, -0.25) is 4.79 Å². The molecule has 2 rings (SSSR count). The quantitative estimate of drug-likeness (QED) is 0.906. The fraction of sp³-hybridized carbons (Fsp3) is 0.562. The minimum absolute atomic E-state index is 0. The molecule has 1 aliphatic rings. The number of aryl methyl sites for hydroxylation is 1. The first-order valence-electron chi connectivity index (χ1n) is 7.36. The molecule has 0 saturated carbocycles. The minimum Gasteiger partial charge on any atom is -0.334 e. The lowest BCUT2D eigenvalue weighted by Crippen LogP contribution is -2.42. The molecule has 1 aromatic rings. The van der Waals surface area contributed by atoms with Crippen molar-refractivity contribution < 1.29 is 4.79 Å². The lowest BCUT2D eigenvalue weighted by Gasteiger charge is -2.28. The molecule has 20 heavy (non-hydrogen) atoms. The summed E-state index contributed by atoms with van der Waals surface area (Å²) in [4.78, 5) is 14.7. The van der Waals surface area contributed by atoms with Gasteiger partial charge < -0.3 is 10.2 Å². The summed E-state index contributed by atoms with van der Waals surface area (Å²) in [5, 5.41) is 3.34. The number of halogens is 1. The largest absolute Gasteiger partial charge is 0.334 e. The number of carbonyl (C=O) groups excluding carboxylic acids is 1. The summed E-state index contributed by atoms with van der Waals surface area (Å²) in [5.41, 5.74) is 2.10. The van der Waals surface area contributed by atoms with Crippen LogP contribution >= 0.6 is 12.4 Å². The number of hydrogen-bond donors (Lipinski definition) is 1. The van der Waals surface area contributed by atoms with Gasteiger partial charge in [-0.05, 0) is 43.5 Å². The lowest BCUT2D eigenvalue weighted by molar-refractivity contribution is 0.0692. The fourth-order valence-corrected chi connectivity index (χ4v) is 2.65. The van der Waals surface area contributed by atoms with Crippen LogP contribution in [0.3, 0.4) is 0 Å². The number of amides is 1. The zero-order valence-electron chi connectivity index (χ0n) is 12.4. The van der Waals surface area contributed by atoms with Crippen LogP contribution in [-0.2, 0) is 6.42 Å². The smallest absolute Gasteiger partial charge is 0.254 e. The maximum absolute atomic E-state index is 12.6. The highest BCUT2D eigenvalue weighted by molar-refractivity contribution is 5.94. The summed E-state index contributed by atoms with van der Waals surface area (Å²) in [6.45, 7) is 7.06. The Balaban J connectivity index is 0.00000200. The van der Waals surface area contributed by atoms with E-state index in [1.165, 1.54) is 5.56 Å². The van der Waals surface area contributed by atoms with E-state index in [4.69, 9.17) is 0 Å². The molecule has 1 aliphatic heterocycles. The zero-order chi connectivity index (χ0) is 13.7. The standard InChI is InChI=1S/C16H24N2O.ClH/c1-3-11-18(15-9-10-17-12-15)16(19)14-7-5-13(4-2)6-8-14;/h5-8,15,17H,3-4,9-12H2,1-2H3;1H. The summed E-state index contributed by atoms with van der Waals surface area (Å²) in [7, 11) is 0. The molecule has 0 spiro atoms. The van der Waals surface area contributed by atoms with Crippen LogP contribution in [0, 0.1) is 0 Å². The summed E-state index contributed by atoms with van der Waals surface area (Å²) in [6, 6.07) is 8.41. The van der Waals surface area contributed by atoms with E-state index >= 15 is 0 Å².